The number of hydrogen-bond acceptors (Lipinski definition) is 2. The molecule has 1 aromatic heterocycles. The van der Waals surface area contributed by atoms with Gasteiger partial charge in [0.05, 0.1) is 0 Å². The minimum Gasteiger partial charge on any atom is -0.352 e. The van der Waals surface area contributed by atoms with Crippen LogP contribution < -0.4 is 5.32 Å². The number of nitrogens with zero attached hydrogens (tertiary/aromatic N) is 1. The molecule has 1 N–H and O–H groups in total. The van der Waals surface area contributed by atoms with E-state index in [4.69, 9.17) is 0 Å². The first-order valence-corrected chi connectivity index (χ1v) is 5.97. The van der Waals surface area contributed by atoms with Gasteiger partial charge < -0.3 is 5.32 Å². The second-order valence-corrected chi connectivity index (χ2v) is 4.40. The molecule has 0 bridgehead atoms. The lowest BCUT2D eigenvalue weighted by Gasteiger charge is -2.18. The lowest BCUT2D eigenvalue weighted by Crippen LogP contribution is -2.38. The minimum absolute atomic E-state index is 0.0255. The summed E-state index contributed by atoms with van der Waals surface area (Å²) in [6.07, 6.45) is 1.79. The highest BCUT2D eigenvalue weighted by atomic mass is 16.1. The molecule has 0 fully saturated rings. The van der Waals surface area contributed by atoms with Crippen LogP contribution in [0, 0.1) is 6.92 Å². The Hall–Kier alpha value is -1.38. The molecule has 1 rings (SSSR count). The van der Waals surface area contributed by atoms with Crippen molar-refractivity contribution in [2.75, 3.05) is 0 Å². The summed E-state index contributed by atoms with van der Waals surface area (Å²) in [5.41, 5.74) is 0.994. The first-order chi connectivity index (χ1) is 7.81. The summed E-state index contributed by atoms with van der Waals surface area (Å²) < 4.78 is 0. The zero-order chi connectivity index (χ0) is 13.9. The Morgan fingerprint density at radius 1 is 1.24 bits per heavy atom. The fourth-order valence-corrected chi connectivity index (χ4v) is 0.976. The Labute approximate surface area is 106 Å². The van der Waals surface area contributed by atoms with Gasteiger partial charge >= 0.3 is 0 Å². The summed E-state index contributed by atoms with van der Waals surface area (Å²) >= 11 is 0. The second-order valence-electron chi connectivity index (χ2n) is 4.40. The number of amides is 1. The van der Waals surface area contributed by atoms with Crippen molar-refractivity contribution < 1.29 is 4.79 Å². The number of carbonyl (C=O) groups excluding carboxylic acids is 1. The van der Waals surface area contributed by atoms with Crippen molar-refractivity contribution in [3.8, 4) is 0 Å². The predicted molar refractivity (Wildman–Crippen MR) is 73.9 cm³/mol. The van der Waals surface area contributed by atoms with Crippen molar-refractivity contribution in [1.82, 2.24) is 10.3 Å². The van der Waals surface area contributed by atoms with Crippen molar-refractivity contribution in [3.05, 3.63) is 30.1 Å². The Kier molecular flexibility index (Phi) is 10.4. The van der Waals surface area contributed by atoms with Gasteiger partial charge in [0.1, 0.15) is 0 Å². The maximum Gasteiger partial charge on any atom is 0.217 e. The van der Waals surface area contributed by atoms with Crippen LogP contribution in [0.3, 0.4) is 0 Å². The number of hydrogen-bond donors (Lipinski definition) is 1. The van der Waals surface area contributed by atoms with E-state index in [2.05, 4.69) is 10.3 Å². The summed E-state index contributed by atoms with van der Waals surface area (Å²) in [5, 5.41) is 2.74. The molecule has 3 nitrogen and oxygen atoms in total. The zero-order valence-electron chi connectivity index (χ0n) is 12.2. The molecular weight excluding hydrogens is 212 g/mol. The molecule has 0 spiro atoms. The van der Waals surface area contributed by atoms with Crippen LogP contribution in [0.2, 0.25) is 0 Å². The zero-order valence-corrected chi connectivity index (χ0v) is 12.2. The molecule has 0 saturated heterocycles. The van der Waals surface area contributed by atoms with E-state index in [9.17, 15) is 4.79 Å². The average molecular weight is 238 g/mol. The molecule has 0 saturated carbocycles. The predicted octanol–water partition coefficient (Wildman–Crippen LogP) is 3.34. The quantitative estimate of drug-likeness (QED) is 0.753. The molecule has 1 aromatic rings. The van der Waals surface area contributed by atoms with Gasteiger partial charge in [-0.25, -0.2) is 0 Å². The van der Waals surface area contributed by atoms with Crippen LogP contribution >= 0.6 is 0 Å². The van der Waals surface area contributed by atoms with E-state index in [0.717, 1.165) is 5.69 Å². The lowest BCUT2D eigenvalue weighted by molar-refractivity contribution is -0.120. The number of pyridine rings is 1. The van der Waals surface area contributed by atoms with Crippen molar-refractivity contribution in [1.29, 1.82) is 0 Å². The lowest BCUT2D eigenvalue weighted by atomic mass is 10.1. The fourth-order valence-electron chi connectivity index (χ4n) is 0.976. The molecule has 3 heteroatoms. The van der Waals surface area contributed by atoms with Gasteiger partial charge in [-0.15, -0.1) is 0 Å². The summed E-state index contributed by atoms with van der Waals surface area (Å²) in [6, 6.07) is 5.86. The van der Waals surface area contributed by atoms with Gasteiger partial charge in [0.25, 0.3) is 0 Å². The van der Waals surface area contributed by atoms with Crippen molar-refractivity contribution in [2.24, 2.45) is 0 Å². The molecule has 0 atom stereocenters. The van der Waals surface area contributed by atoms with E-state index in [1.807, 2.05) is 59.7 Å². The highest BCUT2D eigenvalue weighted by Gasteiger charge is 2.08. The van der Waals surface area contributed by atoms with Crippen LogP contribution in [0.25, 0.3) is 0 Å². The number of aryl methyl sites for hydroxylation is 1. The number of aromatic nitrogens is 1. The van der Waals surface area contributed by atoms with Gasteiger partial charge in [-0.2, -0.15) is 0 Å². The maximum absolute atomic E-state index is 10.3. The highest BCUT2D eigenvalue weighted by molar-refractivity contribution is 5.73. The standard InChI is InChI=1S/C6H13NO.C6H7N.C2H6/c1-5(8)7-6(2,3)4;1-6-4-2-3-5-7-6;1-2/h1-4H3,(H,7,8);2-5H,1H3;1-2H3. The minimum atomic E-state index is -0.0775. The van der Waals surface area contributed by atoms with Crippen LogP contribution in [0.15, 0.2) is 24.4 Å². The van der Waals surface area contributed by atoms with Gasteiger partial charge in [-0.3, -0.25) is 9.78 Å². The normalized spacial score (nSPS) is 9.12. The van der Waals surface area contributed by atoms with Gasteiger partial charge in [0.2, 0.25) is 5.91 Å². The molecule has 0 aliphatic carbocycles. The third-order valence-electron chi connectivity index (χ3n) is 1.36. The molecule has 0 aliphatic heterocycles. The molecule has 0 aliphatic rings. The molecule has 17 heavy (non-hydrogen) atoms. The summed E-state index contributed by atoms with van der Waals surface area (Å²) in [7, 11) is 0. The summed E-state index contributed by atoms with van der Waals surface area (Å²) in [5.74, 6) is 0.0255. The molecular formula is C14H26N2O. The van der Waals surface area contributed by atoms with Gasteiger partial charge in [-0.05, 0) is 39.8 Å². The molecule has 0 aromatic carbocycles. The molecule has 98 valence electrons. The van der Waals surface area contributed by atoms with Gasteiger partial charge in [-0.1, -0.05) is 19.9 Å². The number of rotatable bonds is 0. The van der Waals surface area contributed by atoms with Crippen LogP contribution in [-0.2, 0) is 4.79 Å². The van der Waals surface area contributed by atoms with Gasteiger partial charge in [0.15, 0.2) is 0 Å². The topological polar surface area (TPSA) is 42.0 Å². The molecule has 0 radical (unpaired) electrons. The van der Waals surface area contributed by atoms with Crippen LogP contribution in [0.4, 0.5) is 0 Å². The summed E-state index contributed by atoms with van der Waals surface area (Å²) in [4.78, 5) is 14.3. The van der Waals surface area contributed by atoms with Gasteiger partial charge in [0, 0.05) is 24.4 Å². The Balaban J connectivity index is 0. The SMILES string of the molecule is CC.CC(=O)NC(C)(C)C.Cc1ccccn1. The van der Waals surface area contributed by atoms with Crippen LogP contribution in [0.5, 0.6) is 0 Å². The van der Waals surface area contributed by atoms with Crippen LogP contribution in [-0.4, -0.2) is 16.4 Å². The van der Waals surface area contributed by atoms with Crippen molar-refractivity contribution in [2.45, 2.75) is 54.0 Å². The van der Waals surface area contributed by atoms with Crippen molar-refractivity contribution >= 4 is 5.91 Å². The first-order valence-electron chi connectivity index (χ1n) is 5.97. The molecule has 0 unspecified atom stereocenters. The van der Waals surface area contributed by atoms with E-state index >= 15 is 0 Å². The third-order valence-corrected chi connectivity index (χ3v) is 1.36. The largest absolute Gasteiger partial charge is 0.352 e. The highest BCUT2D eigenvalue weighted by Crippen LogP contribution is 1.96. The number of nitrogens with one attached hydrogen (secondary N) is 1. The third kappa shape index (κ3) is 17.2. The van der Waals surface area contributed by atoms with E-state index in [1.54, 1.807) is 6.20 Å². The van der Waals surface area contributed by atoms with E-state index in [0.29, 0.717) is 0 Å². The van der Waals surface area contributed by atoms with E-state index in [1.165, 1.54) is 6.92 Å². The monoisotopic (exact) mass is 238 g/mol. The Morgan fingerprint density at radius 2 is 1.76 bits per heavy atom. The number of carbonyl (C=O) groups is 1. The average Bonchev–Trinajstić information content (AvgIpc) is 2.19. The van der Waals surface area contributed by atoms with Crippen molar-refractivity contribution in [3.63, 3.8) is 0 Å². The smallest absolute Gasteiger partial charge is 0.217 e. The first kappa shape index (κ1) is 18.0. The molecule has 1 heterocycles. The fraction of sp³-hybridized carbons (Fsp3) is 0.571. The Bertz CT molecular complexity index is 289. The maximum atomic E-state index is 10.3. The second kappa shape index (κ2) is 9.82. The van der Waals surface area contributed by atoms with E-state index < -0.39 is 0 Å². The Morgan fingerprint density at radius 3 is 1.88 bits per heavy atom. The summed E-state index contributed by atoms with van der Waals surface area (Å²) in [6.45, 7) is 13.3. The molecule has 1 amide bonds. The van der Waals surface area contributed by atoms with Crippen LogP contribution in [0.1, 0.15) is 47.2 Å². The van der Waals surface area contributed by atoms with E-state index in [-0.39, 0.29) is 11.4 Å².